The Morgan fingerprint density at radius 2 is 2.17 bits per heavy atom. The van der Waals surface area contributed by atoms with Crippen LogP contribution in [0.25, 0.3) is 0 Å². The smallest absolute Gasteiger partial charge is 0.210 e. The number of hydrogen-bond donors (Lipinski definition) is 0. The molecule has 0 aromatic carbocycles. The van der Waals surface area contributed by atoms with Crippen LogP contribution < -0.4 is 0 Å². The number of nitrogens with zero attached hydrogens (tertiary/aromatic N) is 5. The Labute approximate surface area is 76.1 Å². The van der Waals surface area contributed by atoms with Crippen LogP contribution in [0.3, 0.4) is 0 Å². The van der Waals surface area contributed by atoms with Crippen molar-refractivity contribution >= 4 is 11.8 Å². The normalized spacial score (nSPS) is 13.8. The molecule has 1 unspecified atom stereocenters. The first-order valence-corrected chi connectivity index (χ1v) is 4.87. The molecule has 1 aromatic rings. The molecule has 1 atom stereocenters. The summed E-state index contributed by atoms with van der Waals surface area (Å²) in [6.45, 7) is 2.05. The van der Waals surface area contributed by atoms with Gasteiger partial charge in [0.25, 0.3) is 0 Å². The van der Waals surface area contributed by atoms with Gasteiger partial charge < -0.3 is 0 Å². The molecule has 0 bridgehead atoms. The molecule has 0 amide bonds. The van der Waals surface area contributed by atoms with Gasteiger partial charge in [-0.05, 0) is 37.7 Å². The summed E-state index contributed by atoms with van der Waals surface area (Å²) < 4.78 is 1.80. The molecule has 68 valence electrons. The van der Waals surface area contributed by atoms with E-state index in [9.17, 15) is 0 Å². The molecule has 12 heavy (non-hydrogen) atoms. The van der Waals surface area contributed by atoms with Gasteiger partial charge in [-0.2, -0.15) is 0 Å². The summed E-state index contributed by atoms with van der Waals surface area (Å²) in [6, 6.07) is 0. The Morgan fingerprint density at radius 3 is 2.67 bits per heavy atom. The molecule has 0 N–H and O–H groups in total. The van der Waals surface area contributed by atoms with Crippen LogP contribution in [-0.4, -0.2) is 45.5 Å². The zero-order chi connectivity index (χ0) is 9.14. The molecule has 0 aliphatic carbocycles. The van der Waals surface area contributed by atoms with Crippen molar-refractivity contribution in [3.05, 3.63) is 0 Å². The van der Waals surface area contributed by atoms with Gasteiger partial charge in [0.2, 0.25) is 5.16 Å². The lowest BCUT2D eigenvalue weighted by Gasteiger charge is -2.19. The van der Waals surface area contributed by atoms with Gasteiger partial charge in [-0.15, -0.1) is 5.10 Å². The molecule has 1 rings (SSSR count). The van der Waals surface area contributed by atoms with E-state index >= 15 is 0 Å². The lowest BCUT2D eigenvalue weighted by Crippen LogP contribution is -2.24. The molecule has 1 heterocycles. The number of aromatic nitrogens is 4. The fraction of sp³-hybridized carbons (Fsp3) is 0.833. The van der Waals surface area contributed by atoms with Gasteiger partial charge in [0.1, 0.15) is 6.17 Å². The van der Waals surface area contributed by atoms with Gasteiger partial charge in [0, 0.05) is 0 Å². The third kappa shape index (κ3) is 1.75. The summed E-state index contributed by atoms with van der Waals surface area (Å²) >= 11 is 1.55. The van der Waals surface area contributed by atoms with Crippen molar-refractivity contribution in [2.75, 3.05) is 20.4 Å². The highest BCUT2D eigenvalue weighted by Crippen LogP contribution is 2.15. The predicted octanol–water partition coefficient (Wildman–Crippen LogP) is 0.475. The summed E-state index contributed by atoms with van der Waals surface area (Å²) in [6.07, 6.45) is 2.16. The second-order valence-electron chi connectivity index (χ2n) is 2.71. The van der Waals surface area contributed by atoms with Gasteiger partial charge >= 0.3 is 0 Å². The lowest BCUT2D eigenvalue weighted by molar-refractivity contribution is 0.204. The molecule has 0 aliphatic rings. The molecule has 0 radical (unpaired) electrons. The molecule has 0 fully saturated rings. The lowest BCUT2D eigenvalue weighted by atomic mass is 10.5. The second kappa shape index (κ2) is 3.86. The highest BCUT2D eigenvalue weighted by Gasteiger charge is 2.12. The third-order valence-corrected chi connectivity index (χ3v) is 2.38. The average molecular weight is 187 g/mol. The maximum Gasteiger partial charge on any atom is 0.210 e. The highest BCUT2D eigenvalue weighted by atomic mass is 32.2. The van der Waals surface area contributed by atoms with E-state index < -0.39 is 0 Å². The van der Waals surface area contributed by atoms with Crippen LogP contribution in [0.4, 0.5) is 0 Å². The van der Waals surface area contributed by atoms with Crippen molar-refractivity contribution in [3.63, 3.8) is 0 Å². The van der Waals surface area contributed by atoms with E-state index in [0.29, 0.717) is 0 Å². The van der Waals surface area contributed by atoms with Crippen molar-refractivity contribution in [1.82, 2.24) is 25.1 Å². The summed E-state index contributed by atoms with van der Waals surface area (Å²) in [5.41, 5.74) is 0. The topological polar surface area (TPSA) is 46.8 Å². The van der Waals surface area contributed by atoms with Gasteiger partial charge in [0.15, 0.2) is 0 Å². The van der Waals surface area contributed by atoms with E-state index in [1.165, 1.54) is 0 Å². The summed E-state index contributed by atoms with van der Waals surface area (Å²) in [4.78, 5) is 2.05. The first kappa shape index (κ1) is 9.47. The van der Waals surface area contributed by atoms with Crippen LogP contribution >= 0.6 is 11.8 Å². The van der Waals surface area contributed by atoms with Crippen molar-refractivity contribution in [3.8, 4) is 0 Å². The van der Waals surface area contributed by atoms with E-state index in [0.717, 1.165) is 5.16 Å². The molecule has 0 aliphatic heterocycles. The highest BCUT2D eigenvalue weighted by molar-refractivity contribution is 7.98. The van der Waals surface area contributed by atoms with E-state index in [2.05, 4.69) is 27.3 Å². The molecule has 1 aromatic heterocycles. The van der Waals surface area contributed by atoms with E-state index in [-0.39, 0.29) is 6.17 Å². The Balaban J connectivity index is 2.86. The number of tetrazole rings is 1. The number of thioether (sulfide) groups is 1. The quantitative estimate of drug-likeness (QED) is 0.644. The van der Waals surface area contributed by atoms with E-state index in [4.69, 9.17) is 0 Å². The Hall–Kier alpha value is -0.620. The van der Waals surface area contributed by atoms with E-state index in [1.807, 2.05) is 20.4 Å². The maximum atomic E-state index is 3.90. The predicted molar refractivity (Wildman–Crippen MR) is 48.0 cm³/mol. The summed E-state index contributed by atoms with van der Waals surface area (Å²) in [5.74, 6) is 0. The number of rotatable bonds is 3. The zero-order valence-corrected chi connectivity index (χ0v) is 8.54. The molecule has 0 spiro atoms. The van der Waals surface area contributed by atoms with Crippen molar-refractivity contribution in [2.24, 2.45) is 0 Å². The standard InChI is InChI=1S/C6H13N5S/c1-5(10(2)3)11-6(12-4)7-8-9-11/h5H,1-4H3. The van der Waals surface area contributed by atoms with Gasteiger partial charge in [-0.25, -0.2) is 4.68 Å². The van der Waals surface area contributed by atoms with Crippen molar-refractivity contribution in [2.45, 2.75) is 18.2 Å². The number of hydrogen-bond acceptors (Lipinski definition) is 5. The van der Waals surface area contributed by atoms with Gasteiger partial charge in [-0.1, -0.05) is 11.8 Å². The monoisotopic (exact) mass is 187 g/mol. The zero-order valence-electron chi connectivity index (χ0n) is 7.72. The van der Waals surface area contributed by atoms with Gasteiger partial charge in [0.05, 0.1) is 0 Å². The maximum absolute atomic E-state index is 3.90. The summed E-state index contributed by atoms with van der Waals surface area (Å²) in [7, 11) is 3.99. The van der Waals surface area contributed by atoms with E-state index in [1.54, 1.807) is 16.4 Å². The minimum atomic E-state index is 0.197. The van der Waals surface area contributed by atoms with Crippen LogP contribution in [-0.2, 0) is 0 Å². The largest absolute Gasteiger partial charge is 0.288 e. The van der Waals surface area contributed by atoms with Crippen LogP contribution in [0.5, 0.6) is 0 Å². The summed E-state index contributed by atoms with van der Waals surface area (Å²) in [5, 5.41) is 12.2. The van der Waals surface area contributed by atoms with Crippen LogP contribution in [0.1, 0.15) is 13.1 Å². The molecular weight excluding hydrogens is 174 g/mol. The molecule has 5 nitrogen and oxygen atoms in total. The Morgan fingerprint density at radius 1 is 1.50 bits per heavy atom. The minimum Gasteiger partial charge on any atom is -0.288 e. The molecular formula is C6H13N5S. The molecule has 0 saturated heterocycles. The molecule has 6 heteroatoms. The van der Waals surface area contributed by atoms with Crippen LogP contribution in [0.2, 0.25) is 0 Å². The third-order valence-electron chi connectivity index (χ3n) is 1.75. The fourth-order valence-corrected chi connectivity index (χ4v) is 1.27. The Bertz CT molecular complexity index is 246. The second-order valence-corrected chi connectivity index (χ2v) is 3.48. The van der Waals surface area contributed by atoms with Crippen molar-refractivity contribution < 1.29 is 0 Å². The Kier molecular flexibility index (Phi) is 3.05. The van der Waals surface area contributed by atoms with Crippen molar-refractivity contribution in [1.29, 1.82) is 0 Å². The van der Waals surface area contributed by atoms with Gasteiger partial charge in [-0.3, -0.25) is 4.90 Å². The average Bonchev–Trinajstić information content (AvgIpc) is 2.49. The van der Waals surface area contributed by atoms with Crippen LogP contribution in [0, 0.1) is 0 Å². The SMILES string of the molecule is CSc1nnnn1C(C)N(C)C. The first-order valence-electron chi connectivity index (χ1n) is 3.65. The van der Waals surface area contributed by atoms with Crippen LogP contribution in [0.15, 0.2) is 5.16 Å². The first-order chi connectivity index (χ1) is 5.66. The fourth-order valence-electron chi connectivity index (χ4n) is 0.773. The molecule has 0 saturated carbocycles. The minimum absolute atomic E-state index is 0.197.